The Morgan fingerprint density at radius 2 is 1.90 bits per heavy atom. The molecule has 1 fully saturated rings. The smallest absolute Gasteiger partial charge is 0.138 e. The molecule has 0 bridgehead atoms. The fraction of sp³-hybridized carbons (Fsp3) is 0.235. The van der Waals surface area contributed by atoms with Crippen LogP contribution >= 0.6 is 0 Å². The maximum atomic E-state index is 10.8. The van der Waals surface area contributed by atoms with Crippen molar-refractivity contribution in [2.45, 2.75) is 18.9 Å². The van der Waals surface area contributed by atoms with E-state index in [1.54, 1.807) is 0 Å². The van der Waals surface area contributed by atoms with Gasteiger partial charge in [-0.1, -0.05) is 42.5 Å². The molecule has 3 heteroatoms. The third-order valence-electron chi connectivity index (χ3n) is 3.62. The fourth-order valence-electron chi connectivity index (χ4n) is 2.57. The van der Waals surface area contributed by atoms with Crippen molar-refractivity contribution in [1.29, 1.82) is 0 Å². The van der Waals surface area contributed by atoms with E-state index in [2.05, 4.69) is 59.0 Å². The highest BCUT2D eigenvalue weighted by atomic mass is 16.1. The highest BCUT2D eigenvalue weighted by molar-refractivity contribution is 5.60. The van der Waals surface area contributed by atoms with Gasteiger partial charge in [0.2, 0.25) is 0 Å². The molecule has 3 nitrogen and oxygen atoms in total. The van der Waals surface area contributed by atoms with Crippen LogP contribution in [0.2, 0.25) is 0 Å². The molecule has 102 valence electrons. The van der Waals surface area contributed by atoms with E-state index in [0.717, 1.165) is 31.4 Å². The van der Waals surface area contributed by atoms with E-state index in [1.165, 1.54) is 11.1 Å². The summed E-state index contributed by atoms with van der Waals surface area (Å²) >= 11 is 0. The second-order valence-corrected chi connectivity index (χ2v) is 5.14. The minimum atomic E-state index is -0.0484. The first kappa shape index (κ1) is 12.9. The fourth-order valence-corrected chi connectivity index (χ4v) is 2.57. The number of hydrogen-bond acceptors (Lipinski definition) is 3. The number of nitrogens with zero attached hydrogens (tertiary/aromatic N) is 1. The van der Waals surface area contributed by atoms with Gasteiger partial charge >= 0.3 is 0 Å². The molecule has 0 amide bonds. The first-order valence-electron chi connectivity index (χ1n) is 6.97. The van der Waals surface area contributed by atoms with Gasteiger partial charge in [0.25, 0.3) is 0 Å². The van der Waals surface area contributed by atoms with E-state index in [0.29, 0.717) is 0 Å². The van der Waals surface area contributed by atoms with Crippen molar-refractivity contribution in [2.24, 2.45) is 0 Å². The molecule has 2 aromatic rings. The molecular formula is C17H18N2O. The summed E-state index contributed by atoms with van der Waals surface area (Å²) < 4.78 is 0. The second-order valence-electron chi connectivity index (χ2n) is 5.14. The van der Waals surface area contributed by atoms with Crippen molar-refractivity contribution in [3.05, 3.63) is 65.7 Å². The Hall–Kier alpha value is -2.13. The molecule has 3 rings (SSSR count). The van der Waals surface area contributed by atoms with Crippen LogP contribution in [0.5, 0.6) is 0 Å². The summed E-state index contributed by atoms with van der Waals surface area (Å²) in [4.78, 5) is 10.8. The van der Waals surface area contributed by atoms with Gasteiger partial charge in [0.05, 0.1) is 11.7 Å². The lowest BCUT2D eigenvalue weighted by Crippen LogP contribution is -2.36. The number of hydrogen-bond donors (Lipinski definition) is 1. The van der Waals surface area contributed by atoms with E-state index in [1.807, 2.05) is 6.07 Å². The van der Waals surface area contributed by atoms with Gasteiger partial charge in [-0.3, -0.25) is 0 Å². The number of aldehydes is 1. The van der Waals surface area contributed by atoms with Crippen LogP contribution in [0.25, 0.3) is 0 Å². The molecule has 20 heavy (non-hydrogen) atoms. The summed E-state index contributed by atoms with van der Waals surface area (Å²) in [6.45, 7) is 0.873. The third kappa shape index (κ3) is 2.89. The van der Waals surface area contributed by atoms with Crippen molar-refractivity contribution in [2.75, 3.05) is 11.6 Å². The first-order chi connectivity index (χ1) is 9.85. The van der Waals surface area contributed by atoms with Crippen molar-refractivity contribution in [3.63, 3.8) is 0 Å². The predicted octanol–water partition coefficient (Wildman–Crippen LogP) is 2.56. The zero-order chi connectivity index (χ0) is 13.8. The molecule has 1 aliphatic rings. The topological polar surface area (TPSA) is 32.3 Å². The minimum absolute atomic E-state index is 0.0484. The van der Waals surface area contributed by atoms with E-state index in [9.17, 15) is 4.79 Å². The molecule has 1 aliphatic heterocycles. The van der Waals surface area contributed by atoms with Crippen LogP contribution in [0.1, 0.15) is 17.5 Å². The molecule has 0 aromatic heterocycles. The average molecular weight is 266 g/mol. The largest absolute Gasteiger partial charge is 0.308 e. The van der Waals surface area contributed by atoms with Crippen LogP contribution in [-0.2, 0) is 11.2 Å². The quantitative estimate of drug-likeness (QED) is 0.863. The van der Waals surface area contributed by atoms with Crippen LogP contribution in [0.4, 0.5) is 5.69 Å². The lowest BCUT2D eigenvalue weighted by Gasteiger charge is -2.19. The van der Waals surface area contributed by atoms with Crippen LogP contribution in [-0.4, -0.2) is 18.9 Å². The van der Waals surface area contributed by atoms with E-state index >= 15 is 0 Å². The van der Waals surface area contributed by atoms with Gasteiger partial charge in [0, 0.05) is 6.54 Å². The molecule has 0 radical (unpaired) electrons. The molecule has 1 atom stereocenters. The molecular weight excluding hydrogens is 248 g/mol. The average Bonchev–Trinajstić information content (AvgIpc) is 2.98. The molecule has 0 saturated carbocycles. The third-order valence-corrected chi connectivity index (χ3v) is 3.62. The zero-order valence-corrected chi connectivity index (χ0v) is 11.3. The van der Waals surface area contributed by atoms with Crippen molar-refractivity contribution in [1.82, 2.24) is 5.43 Å². The summed E-state index contributed by atoms with van der Waals surface area (Å²) in [6.07, 6.45) is 2.78. The van der Waals surface area contributed by atoms with Crippen LogP contribution in [0.15, 0.2) is 54.6 Å². The maximum Gasteiger partial charge on any atom is 0.138 e. The maximum absolute atomic E-state index is 10.8. The van der Waals surface area contributed by atoms with Gasteiger partial charge in [-0.25, -0.2) is 5.43 Å². The summed E-state index contributed by atoms with van der Waals surface area (Å²) in [5.74, 6) is 0. The summed E-state index contributed by atoms with van der Waals surface area (Å²) in [5.41, 5.74) is 6.93. The predicted molar refractivity (Wildman–Crippen MR) is 80.6 cm³/mol. The van der Waals surface area contributed by atoms with Gasteiger partial charge < -0.3 is 9.80 Å². The number of hydrazine groups is 1. The Morgan fingerprint density at radius 1 is 1.10 bits per heavy atom. The monoisotopic (exact) mass is 266 g/mol. The number of benzene rings is 2. The highest BCUT2D eigenvalue weighted by Crippen LogP contribution is 2.20. The van der Waals surface area contributed by atoms with Crippen LogP contribution in [0, 0.1) is 0 Å². The number of rotatable bonds is 4. The molecule has 1 unspecified atom stereocenters. The Morgan fingerprint density at radius 3 is 2.65 bits per heavy atom. The molecule has 0 spiro atoms. The Labute approximate surface area is 119 Å². The molecule has 1 saturated heterocycles. The van der Waals surface area contributed by atoms with Crippen molar-refractivity contribution in [3.8, 4) is 0 Å². The summed E-state index contributed by atoms with van der Waals surface area (Å²) in [6, 6.07) is 18.9. The van der Waals surface area contributed by atoms with Gasteiger partial charge in [-0.2, -0.15) is 0 Å². The van der Waals surface area contributed by atoms with E-state index < -0.39 is 0 Å². The SMILES string of the molecule is O=CC1CCN(c2cccc(Cc3ccccc3)c2)N1. The lowest BCUT2D eigenvalue weighted by molar-refractivity contribution is -0.109. The normalized spacial score (nSPS) is 18.2. The summed E-state index contributed by atoms with van der Waals surface area (Å²) in [7, 11) is 0. The van der Waals surface area contributed by atoms with Crippen LogP contribution < -0.4 is 10.4 Å². The number of carbonyl (C=O) groups is 1. The summed E-state index contributed by atoms with van der Waals surface area (Å²) in [5, 5.41) is 2.06. The van der Waals surface area contributed by atoms with Gasteiger partial charge in [0.1, 0.15) is 6.29 Å². The molecule has 1 heterocycles. The number of nitrogens with one attached hydrogen (secondary N) is 1. The Kier molecular flexibility index (Phi) is 3.79. The Balaban J connectivity index is 1.75. The van der Waals surface area contributed by atoms with E-state index in [-0.39, 0.29) is 6.04 Å². The second kappa shape index (κ2) is 5.88. The first-order valence-corrected chi connectivity index (χ1v) is 6.97. The minimum Gasteiger partial charge on any atom is -0.308 e. The molecule has 0 aliphatic carbocycles. The molecule has 2 aromatic carbocycles. The van der Waals surface area contributed by atoms with Gasteiger partial charge in [-0.05, 0) is 36.1 Å². The molecule has 1 N–H and O–H groups in total. The van der Waals surface area contributed by atoms with E-state index in [4.69, 9.17) is 0 Å². The van der Waals surface area contributed by atoms with Gasteiger partial charge in [-0.15, -0.1) is 0 Å². The van der Waals surface area contributed by atoms with Crippen molar-refractivity contribution < 1.29 is 4.79 Å². The van der Waals surface area contributed by atoms with Crippen molar-refractivity contribution >= 4 is 12.0 Å². The van der Waals surface area contributed by atoms with Gasteiger partial charge in [0.15, 0.2) is 0 Å². The standard InChI is InChI=1S/C17H18N2O/c20-13-16-9-10-19(18-16)17-8-4-7-15(12-17)11-14-5-2-1-3-6-14/h1-8,12-13,16,18H,9-11H2. The zero-order valence-electron chi connectivity index (χ0n) is 11.3. The number of carbonyl (C=O) groups excluding carboxylic acids is 1. The lowest BCUT2D eigenvalue weighted by atomic mass is 10.0. The number of anilines is 1. The van der Waals surface area contributed by atoms with Crippen LogP contribution in [0.3, 0.4) is 0 Å². The Bertz CT molecular complexity index is 583. The highest BCUT2D eigenvalue weighted by Gasteiger charge is 2.21.